The maximum absolute atomic E-state index is 11.2. The number of rotatable bonds is 6. The number of hydrogen-bond acceptors (Lipinski definition) is 10. The molecule has 0 aliphatic carbocycles. The quantitative estimate of drug-likeness (QED) is 0.434. The number of thioether (sulfide) groups is 2. The first-order valence-corrected chi connectivity index (χ1v) is 10.5. The van der Waals surface area contributed by atoms with Crippen molar-refractivity contribution in [3.05, 3.63) is 51.0 Å². The van der Waals surface area contributed by atoms with Gasteiger partial charge >= 0.3 is 0 Å². The second-order valence-electron chi connectivity index (χ2n) is 6.05. The van der Waals surface area contributed by atoms with Crippen LogP contribution in [0.5, 0.6) is 5.75 Å². The molecule has 0 atom stereocenters. The minimum absolute atomic E-state index is 0.0491. The minimum Gasteiger partial charge on any atom is -0.485 e. The van der Waals surface area contributed by atoms with Crippen molar-refractivity contribution >= 4 is 29.2 Å². The van der Waals surface area contributed by atoms with Gasteiger partial charge in [0.2, 0.25) is 0 Å². The molecular weight excluding hydrogens is 404 g/mol. The Morgan fingerprint density at radius 2 is 2.14 bits per heavy atom. The molecule has 10 nitrogen and oxygen atoms in total. The van der Waals surface area contributed by atoms with E-state index < -0.39 is 4.92 Å². The molecule has 0 bridgehead atoms. The second-order valence-corrected chi connectivity index (χ2v) is 8.77. The number of aryl methyl sites for hydroxylation is 1. The summed E-state index contributed by atoms with van der Waals surface area (Å²) in [5.74, 6) is 3.46. The lowest BCUT2D eigenvalue weighted by Crippen LogP contribution is -2.08. The van der Waals surface area contributed by atoms with E-state index >= 15 is 0 Å². The number of ether oxygens (including phenoxy) is 1. The van der Waals surface area contributed by atoms with Crippen LogP contribution in [0.15, 0.2) is 22.7 Å². The normalized spacial score (nSPS) is 14.5. The van der Waals surface area contributed by atoms with Gasteiger partial charge in [0.25, 0.3) is 11.6 Å². The molecule has 4 rings (SSSR count). The highest BCUT2D eigenvalue weighted by atomic mass is 32.2. The van der Waals surface area contributed by atoms with Gasteiger partial charge in [-0.15, -0.1) is 28.6 Å². The van der Waals surface area contributed by atoms with E-state index in [0.29, 0.717) is 17.5 Å². The molecule has 0 spiro atoms. The highest BCUT2D eigenvalue weighted by Gasteiger charge is 2.25. The van der Waals surface area contributed by atoms with Crippen LogP contribution in [0.1, 0.15) is 27.2 Å². The van der Waals surface area contributed by atoms with E-state index in [1.807, 2.05) is 13.8 Å². The zero-order chi connectivity index (χ0) is 19.7. The minimum atomic E-state index is -0.396. The van der Waals surface area contributed by atoms with Crippen LogP contribution >= 0.6 is 23.5 Å². The Hall–Kier alpha value is -2.60. The fourth-order valence-electron chi connectivity index (χ4n) is 2.70. The van der Waals surface area contributed by atoms with Gasteiger partial charge in [0.15, 0.2) is 5.82 Å². The van der Waals surface area contributed by atoms with Crippen LogP contribution < -0.4 is 4.74 Å². The number of tetrazole rings is 1. The molecule has 0 N–H and O–H groups in total. The SMILES string of the molecule is Cc1noc(-n2nnnc2COc2ccc([N+](=O)[O-])cc2C2SCCS2)c1C. The third-order valence-corrected chi connectivity index (χ3v) is 7.36. The van der Waals surface area contributed by atoms with Crippen molar-refractivity contribution in [1.29, 1.82) is 0 Å². The maximum Gasteiger partial charge on any atom is 0.270 e. The standard InChI is InChI=1S/C16H16N6O4S2/c1-9-10(2)18-26-15(9)21-14(17-19-20-21)8-25-13-4-3-11(22(23)24)7-12(13)16-27-5-6-28-16/h3-4,7,16H,5-6,8H2,1-2H3. The monoisotopic (exact) mass is 420 g/mol. The average Bonchev–Trinajstić information content (AvgIpc) is 3.43. The molecule has 12 heteroatoms. The Balaban J connectivity index is 1.60. The van der Waals surface area contributed by atoms with Crippen molar-refractivity contribution in [1.82, 2.24) is 25.4 Å². The predicted octanol–water partition coefficient (Wildman–Crippen LogP) is 3.23. The maximum atomic E-state index is 11.2. The van der Waals surface area contributed by atoms with Gasteiger partial charge in [0, 0.05) is 34.8 Å². The van der Waals surface area contributed by atoms with E-state index in [1.165, 1.54) is 10.7 Å². The summed E-state index contributed by atoms with van der Waals surface area (Å²) < 4.78 is 12.8. The van der Waals surface area contributed by atoms with Crippen molar-refractivity contribution < 1.29 is 14.2 Å². The first kappa shape index (κ1) is 18.7. The summed E-state index contributed by atoms with van der Waals surface area (Å²) in [6.07, 6.45) is 0. The van der Waals surface area contributed by atoms with E-state index in [-0.39, 0.29) is 16.9 Å². The van der Waals surface area contributed by atoms with Gasteiger partial charge in [-0.1, -0.05) is 5.16 Å². The van der Waals surface area contributed by atoms with Crippen molar-refractivity contribution in [2.24, 2.45) is 0 Å². The lowest BCUT2D eigenvalue weighted by molar-refractivity contribution is -0.384. The highest BCUT2D eigenvalue weighted by molar-refractivity contribution is 8.19. The molecule has 1 aromatic carbocycles. The summed E-state index contributed by atoms with van der Waals surface area (Å²) in [5, 5.41) is 26.7. The van der Waals surface area contributed by atoms with Gasteiger partial charge in [0.1, 0.15) is 12.4 Å². The van der Waals surface area contributed by atoms with Crippen LogP contribution in [0.25, 0.3) is 5.88 Å². The summed E-state index contributed by atoms with van der Waals surface area (Å²) in [7, 11) is 0. The first-order valence-electron chi connectivity index (χ1n) is 8.39. The van der Waals surface area contributed by atoms with Crippen molar-refractivity contribution in [3.63, 3.8) is 0 Å². The van der Waals surface area contributed by atoms with E-state index in [9.17, 15) is 10.1 Å². The largest absolute Gasteiger partial charge is 0.485 e. The Kier molecular flexibility index (Phi) is 5.22. The van der Waals surface area contributed by atoms with E-state index in [4.69, 9.17) is 9.26 Å². The van der Waals surface area contributed by atoms with Crippen molar-refractivity contribution in [2.75, 3.05) is 11.5 Å². The van der Waals surface area contributed by atoms with Crippen molar-refractivity contribution in [3.8, 4) is 11.6 Å². The lowest BCUT2D eigenvalue weighted by atomic mass is 10.2. The molecule has 3 aromatic rings. The Morgan fingerprint density at radius 1 is 1.36 bits per heavy atom. The van der Waals surface area contributed by atoms with Crippen LogP contribution in [0.2, 0.25) is 0 Å². The molecule has 3 heterocycles. The summed E-state index contributed by atoms with van der Waals surface area (Å²) in [4.78, 5) is 10.8. The van der Waals surface area contributed by atoms with E-state index in [2.05, 4.69) is 20.7 Å². The van der Waals surface area contributed by atoms with Gasteiger partial charge in [-0.2, -0.15) is 4.68 Å². The summed E-state index contributed by atoms with van der Waals surface area (Å²) in [6, 6.07) is 4.65. The lowest BCUT2D eigenvalue weighted by Gasteiger charge is -2.14. The molecule has 2 aromatic heterocycles. The average molecular weight is 420 g/mol. The Labute approximate surface area is 168 Å². The van der Waals surface area contributed by atoms with Crippen LogP contribution in [-0.4, -0.2) is 41.8 Å². The van der Waals surface area contributed by atoms with Crippen LogP contribution in [0.4, 0.5) is 5.69 Å². The molecule has 1 aliphatic heterocycles. The van der Waals surface area contributed by atoms with E-state index in [0.717, 1.165) is 28.3 Å². The second kappa shape index (κ2) is 7.80. The summed E-state index contributed by atoms with van der Waals surface area (Å²) in [6.45, 7) is 3.79. The van der Waals surface area contributed by atoms with Crippen LogP contribution in [-0.2, 0) is 6.61 Å². The molecule has 0 unspecified atom stereocenters. The molecule has 1 saturated heterocycles. The molecule has 28 heavy (non-hydrogen) atoms. The highest BCUT2D eigenvalue weighted by Crippen LogP contribution is 2.49. The smallest absolute Gasteiger partial charge is 0.270 e. The summed E-state index contributed by atoms with van der Waals surface area (Å²) in [5.41, 5.74) is 2.44. The van der Waals surface area contributed by atoms with Gasteiger partial charge in [-0.05, 0) is 30.3 Å². The molecule has 1 fully saturated rings. The zero-order valence-corrected chi connectivity index (χ0v) is 16.7. The third kappa shape index (κ3) is 3.56. The Morgan fingerprint density at radius 3 is 2.82 bits per heavy atom. The molecule has 1 aliphatic rings. The number of nitro groups is 1. The van der Waals surface area contributed by atoms with Crippen molar-refractivity contribution in [2.45, 2.75) is 25.0 Å². The van der Waals surface area contributed by atoms with Gasteiger partial charge < -0.3 is 9.26 Å². The van der Waals surface area contributed by atoms with Gasteiger partial charge in [-0.25, -0.2) is 0 Å². The first-order chi connectivity index (χ1) is 13.5. The van der Waals surface area contributed by atoms with E-state index in [1.54, 1.807) is 35.7 Å². The molecule has 0 amide bonds. The number of hydrogen-bond donors (Lipinski definition) is 0. The van der Waals surface area contributed by atoms with Crippen LogP contribution in [0.3, 0.4) is 0 Å². The fourth-order valence-corrected chi connectivity index (χ4v) is 5.59. The zero-order valence-electron chi connectivity index (χ0n) is 15.1. The molecular formula is C16H16N6O4S2. The fraction of sp³-hybridized carbons (Fsp3) is 0.375. The summed E-state index contributed by atoms with van der Waals surface area (Å²) >= 11 is 3.50. The van der Waals surface area contributed by atoms with Crippen LogP contribution in [0, 0.1) is 24.0 Å². The predicted molar refractivity (Wildman–Crippen MR) is 104 cm³/mol. The number of aromatic nitrogens is 5. The Bertz CT molecular complexity index is 1010. The molecule has 0 radical (unpaired) electrons. The third-order valence-electron chi connectivity index (χ3n) is 4.30. The number of benzene rings is 1. The number of nitrogens with zero attached hydrogens (tertiary/aromatic N) is 6. The number of nitro benzene ring substituents is 1. The topological polar surface area (TPSA) is 122 Å². The van der Waals surface area contributed by atoms with Gasteiger partial charge in [0.05, 0.1) is 15.2 Å². The molecule has 0 saturated carbocycles. The van der Waals surface area contributed by atoms with Gasteiger partial charge in [-0.3, -0.25) is 10.1 Å². The molecule has 146 valence electrons. The number of non-ortho nitro benzene ring substituents is 1.